The van der Waals surface area contributed by atoms with Crippen LogP contribution in [0, 0.1) is 11.7 Å². The molecule has 25 heavy (non-hydrogen) atoms. The Kier molecular flexibility index (Phi) is 7.50. The summed E-state index contributed by atoms with van der Waals surface area (Å²) in [5.41, 5.74) is 0.872. The minimum absolute atomic E-state index is 0.104. The Balaban J connectivity index is 1.96. The molecule has 0 saturated carbocycles. The Bertz CT molecular complexity index is 615. The van der Waals surface area contributed by atoms with E-state index in [0.29, 0.717) is 18.9 Å². The number of carbonyl (C=O) groups excluding carboxylic acids is 1. The summed E-state index contributed by atoms with van der Waals surface area (Å²) in [5, 5.41) is 6.11. The van der Waals surface area contributed by atoms with Crippen LogP contribution in [0.3, 0.4) is 0 Å². The fourth-order valence-corrected chi connectivity index (χ4v) is 3.15. The zero-order chi connectivity index (χ0) is 18.2. The van der Waals surface area contributed by atoms with Crippen molar-refractivity contribution in [2.75, 3.05) is 26.7 Å². The van der Waals surface area contributed by atoms with E-state index in [-0.39, 0.29) is 10.9 Å². The number of guanidine groups is 1. The molecule has 1 fully saturated rings. The van der Waals surface area contributed by atoms with Gasteiger partial charge in [0.2, 0.25) is 5.91 Å². The SMILES string of the molecule is CCNC(=NCc1ccc(F)c(Cl)c1)N1CCC(CC(=O)NC)CC1. The lowest BCUT2D eigenvalue weighted by atomic mass is 9.93. The summed E-state index contributed by atoms with van der Waals surface area (Å²) in [6, 6.07) is 4.67. The Morgan fingerprint density at radius 3 is 2.72 bits per heavy atom. The molecule has 1 saturated heterocycles. The van der Waals surface area contributed by atoms with Gasteiger partial charge in [-0.2, -0.15) is 0 Å². The standard InChI is InChI=1S/C18H26ClFN4O/c1-3-22-18(23-12-14-4-5-16(20)15(19)10-14)24-8-6-13(7-9-24)11-17(25)21-2/h4-5,10,13H,3,6-9,11-12H2,1-2H3,(H,21,25)(H,22,23). The maximum absolute atomic E-state index is 13.2. The summed E-state index contributed by atoms with van der Waals surface area (Å²) in [4.78, 5) is 18.4. The molecular formula is C18H26ClFN4O. The molecule has 1 amide bonds. The van der Waals surface area contributed by atoms with Crippen LogP contribution in [0.25, 0.3) is 0 Å². The summed E-state index contributed by atoms with van der Waals surface area (Å²) in [6.07, 6.45) is 2.53. The zero-order valence-corrected chi connectivity index (χ0v) is 15.6. The lowest BCUT2D eigenvalue weighted by Gasteiger charge is -2.34. The number of hydrogen-bond donors (Lipinski definition) is 2. The van der Waals surface area contributed by atoms with Crippen molar-refractivity contribution in [1.82, 2.24) is 15.5 Å². The highest BCUT2D eigenvalue weighted by atomic mass is 35.5. The smallest absolute Gasteiger partial charge is 0.220 e. The first-order valence-corrected chi connectivity index (χ1v) is 9.09. The van der Waals surface area contributed by atoms with Gasteiger partial charge in [-0.05, 0) is 43.4 Å². The number of amides is 1. The van der Waals surface area contributed by atoms with Crippen LogP contribution in [0.5, 0.6) is 0 Å². The van der Waals surface area contributed by atoms with Crippen molar-refractivity contribution >= 4 is 23.5 Å². The topological polar surface area (TPSA) is 56.7 Å². The van der Waals surface area contributed by atoms with E-state index in [1.54, 1.807) is 19.2 Å². The van der Waals surface area contributed by atoms with E-state index in [2.05, 4.69) is 20.5 Å². The van der Waals surface area contributed by atoms with E-state index >= 15 is 0 Å². The average Bonchev–Trinajstić information content (AvgIpc) is 2.62. The number of rotatable bonds is 5. The van der Waals surface area contributed by atoms with Crippen LogP contribution in [-0.2, 0) is 11.3 Å². The van der Waals surface area contributed by atoms with Crippen LogP contribution in [0.15, 0.2) is 23.2 Å². The molecule has 0 spiro atoms. The van der Waals surface area contributed by atoms with Crippen molar-refractivity contribution in [3.8, 4) is 0 Å². The number of nitrogens with one attached hydrogen (secondary N) is 2. The number of likely N-dealkylation sites (tertiary alicyclic amines) is 1. The average molecular weight is 369 g/mol. The number of piperidine rings is 1. The molecule has 0 aliphatic carbocycles. The molecule has 0 aromatic heterocycles. The molecule has 5 nitrogen and oxygen atoms in total. The Morgan fingerprint density at radius 1 is 1.40 bits per heavy atom. The predicted octanol–water partition coefficient (Wildman–Crippen LogP) is 2.79. The molecule has 0 bridgehead atoms. The second-order valence-corrected chi connectivity index (χ2v) is 6.63. The van der Waals surface area contributed by atoms with Gasteiger partial charge in [0.25, 0.3) is 0 Å². The minimum atomic E-state index is -0.417. The first-order chi connectivity index (χ1) is 12.0. The van der Waals surface area contributed by atoms with Gasteiger partial charge in [0.15, 0.2) is 5.96 Å². The number of carbonyl (C=O) groups is 1. The van der Waals surface area contributed by atoms with Crippen LogP contribution in [0.2, 0.25) is 5.02 Å². The third kappa shape index (κ3) is 5.88. The normalized spacial score (nSPS) is 16.0. The van der Waals surface area contributed by atoms with Crippen molar-refractivity contribution in [2.24, 2.45) is 10.9 Å². The number of halogens is 2. The van der Waals surface area contributed by atoms with Gasteiger partial charge < -0.3 is 15.5 Å². The molecule has 7 heteroatoms. The van der Waals surface area contributed by atoms with E-state index in [9.17, 15) is 9.18 Å². The fourth-order valence-electron chi connectivity index (χ4n) is 2.94. The molecular weight excluding hydrogens is 343 g/mol. The lowest BCUT2D eigenvalue weighted by molar-refractivity contribution is -0.121. The van der Waals surface area contributed by atoms with Crippen molar-refractivity contribution in [3.05, 3.63) is 34.6 Å². The van der Waals surface area contributed by atoms with Gasteiger partial charge in [0.1, 0.15) is 5.82 Å². The first kappa shape index (κ1) is 19.5. The molecule has 2 N–H and O–H groups in total. The largest absolute Gasteiger partial charge is 0.359 e. The summed E-state index contributed by atoms with van der Waals surface area (Å²) in [6.45, 7) is 5.00. The van der Waals surface area contributed by atoms with Gasteiger partial charge in [0, 0.05) is 33.1 Å². The van der Waals surface area contributed by atoms with Gasteiger partial charge in [-0.25, -0.2) is 9.38 Å². The van der Waals surface area contributed by atoms with Gasteiger partial charge >= 0.3 is 0 Å². The van der Waals surface area contributed by atoms with Crippen LogP contribution in [0.4, 0.5) is 4.39 Å². The van der Waals surface area contributed by atoms with Crippen LogP contribution in [0.1, 0.15) is 31.7 Å². The lowest BCUT2D eigenvalue weighted by Crippen LogP contribution is -2.46. The van der Waals surface area contributed by atoms with E-state index in [1.165, 1.54) is 6.07 Å². The number of aliphatic imine (C=N–C) groups is 1. The van der Waals surface area contributed by atoms with Crippen molar-refractivity contribution in [3.63, 3.8) is 0 Å². The van der Waals surface area contributed by atoms with Crippen LogP contribution in [-0.4, -0.2) is 43.4 Å². The number of hydrogen-bond acceptors (Lipinski definition) is 2. The van der Waals surface area contributed by atoms with E-state index < -0.39 is 5.82 Å². The summed E-state index contributed by atoms with van der Waals surface area (Å²) >= 11 is 5.83. The highest BCUT2D eigenvalue weighted by molar-refractivity contribution is 6.30. The molecule has 1 aliphatic heterocycles. The molecule has 0 unspecified atom stereocenters. The maximum atomic E-state index is 13.2. The van der Waals surface area contributed by atoms with Gasteiger partial charge in [0.05, 0.1) is 11.6 Å². The molecule has 1 heterocycles. The summed E-state index contributed by atoms with van der Waals surface area (Å²) < 4.78 is 13.2. The first-order valence-electron chi connectivity index (χ1n) is 8.71. The van der Waals surface area contributed by atoms with Gasteiger partial charge in [-0.1, -0.05) is 17.7 Å². The van der Waals surface area contributed by atoms with Crippen molar-refractivity contribution < 1.29 is 9.18 Å². The third-order valence-electron chi connectivity index (χ3n) is 4.40. The monoisotopic (exact) mass is 368 g/mol. The summed E-state index contributed by atoms with van der Waals surface area (Å²) in [7, 11) is 1.68. The second-order valence-electron chi connectivity index (χ2n) is 6.23. The highest BCUT2D eigenvalue weighted by Crippen LogP contribution is 2.21. The minimum Gasteiger partial charge on any atom is -0.359 e. The fraction of sp³-hybridized carbons (Fsp3) is 0.556. The summed E-state index contributed by atoms with van der Waals surface area (Å²) in [5.74, 6) is 0.961. The molecule has 1 aromatic carbocycles. The molecule has 138 valence electrons. The van der Waals surface area contributed by atoms with Crippen LogP contribution >= 0.6 is 11.6 Å². The van der Waals surface area contributed by atoms with Gasteiger partial charge in [-0.3, -0.25) is 4.79 Å². The van der Waals surface area contributed by atoms with E-state index in [0.717, 1.165) is 44.0 Å². The molecule has 1 aromatic rings. The number of benzene rings is 1. The Hall–Kier alpha value is -1.82. The highest BCUT2D eigenvalue weighted by Gasteiger charge is 2.23. The second kappa shape index (κ2) is 9.61. The van der Waals surface area contributed by atoms with E-state index in [1.807, 2.05) is 6.92 Å². The molecule has 1 aliphatic rings. The van der Waals surface area contributed by atoms with Crippen molar-refractivity contribution in [2.45, 2.75) is 32.7 Å². The quantitative estimate of drug-likeness (QED) is 0.620. The molecule has 2 rings (SSSR count). The Morgan fingerprint density at radius 2 is 2.12 bits per heavy atom. The zero-order valence-electron chi connectivity index (χ0n) is 14.8. The van der Waals surface area contributed by atoms with Gasteiger partial charge in [-0.15, -0.1) is 0 Å². The molecule has 0 atom stereocenters. The third-order valence-corrected chi connectivity index (χ3v) is 4.69. The van der Waals surface area contributed by atoms with Crippen molar-refractivity contribution in [1.29, 1.82) is 0 Å². The Labute approximate surface area is 153 Å². The number of nitrogens with zero attached hydrogens (tertiary/aromatic N) is 2. The predicted molar refractivity (Wildman–Crippen MR) is 99.2 cm³/mol. The van der Waals surface area contributed by atoms with E-state index in [4.69, 9.17) is 11.6 Å². The molecule has 0 radical (unpaired) electrons. The maximum Gasteiger partial charge on any atom is 0.220 e. The van der Waals surface area contributed by atoms with Crippen LogP contribution < -0.4 is 10.6 Å².